The molecule has 2 aromatic rings. The average molecular weight is 294 g/mol. The minimum absolute atomic E-state index is 0. The van der Waals surface area contributed by atoms with Gasteiger partial charge >= 0.3 is 18.9 Å². The molecule has 0 aromatic heterocycles. The normalized spacial score (nSPS) is 13.1. The Morgan fingerprint density at radius 3 is 1.95 bits per heavy atom. The SMILES string of the molecule is Cc1cc(C)c(C(=O)P(=O)([O-])c2ccccc2)c(C)c1.[Li+]. The summed E-state index contributed by atoms with van der Waals surface area (Å²) < 4.78 is 12.4. The van der Waals surface area contributed by atoms with Crippen molar-refractivity contribution in [2.24, 2.45) is 0 Å². The number of carbonyl (C=O) groups is 1. The van der Waals surface area contributed by atoms with E-state index in [0.717, 1.165) is 5.56 Å². The molecule has 0 saturated carbocycles. The monoisotopic (exact) mass is 294 g/mol. The van der Waals surface area contributed by atoms with Gasteiger partial charge in [0.25, 0.3) is 0 Å². The molecule has 2 rings (SSSR count). The van der Waals surface area contributed by atoms with Crippen LogP contribution in [0.3, 0.4) is 0 Å². The number of rotatable bonds is 3. The molecule has 0 amide bonds. The van der Waals surface area contributed by atoms with Crippen molar-refractivity contribution >= 4 is 18.2 Å². The first-order valence-electron chi connectivity index (χ1n) is 6.33. The molecule has 21 heavy (non-hydrogen) atoms. The minimum atomic E-state index is -4.32. The van der Waals surface area contributed by atoms with E-state index in [4.69, 9.17) is 0 Å². The first-order chi connectivity index (χ1) is 9.34. The van der Waals surface area contributed by atoms with Gasteiger partial charge in [-0.1, -0.05) is 48.0 Å². The number of hydrogen-bond donors (Lipinski definition) is 0. The summed E-state index contributed by atoms with van der Waals surface area (Å²) in [6.07, 6.45) is 0. The second-order valence-corrected chi connectivity index (χ2v) is 6.99. The molecule has 0 N–H and O–H groups in total. The Kier molecular flexibility index (Phi) is 5.79. The van der Waals surface area contributed by atoms with Crippen LogP contribution in [0, 0.1) is 20.8 Å². The maximum Gasteiger partial charge on any atom is 1.00 e. The smallest absolute Gasteiger partial charge is 0.790 e. The molecule has 0 spiro atoms. The Balaban J connectivity index is 0.00000220. The van der Waals surface area contributed by atoms with Gasteiger partial charge in [-0.05, 0) is 31.9 Å². The van der Waals surface area contributed by atoms with Crippen LogP contribution in [0.4, 0.5) is 0 Å². The van der Waals surface area contributed by atoms with Gasteiger partial charge in [0, 0.05) is 10.9 Å². The summed E-state index contributed by atoms with van der Waals surface area (Å²) in [5.74, 6) is 0. The van der Waals surface area contributed by atoms with Crippen molar-refractivity contribution in [1.82, 2.24) is 0 Å². The van der Waals surface area contributed by atoms with Crippen LogP contribution in [0.2, 0.25) is 0 Å². The maximum atomic E-state index is 12.4. The Bertz CT molecular complexity index is 688. The molecule has 0 fully saturated rings. The van der Waals surface area contributed by atoms with Gasteiger partial charge in [-0.2, -0.15) is 0 Å². The summed E-state index contributed by atoms with van der Waals surface area (Å²) in [6.45, 7) is 5.44. The van der Waals surface area contributed by atoms with Gasteiger partial charge in [-0.15, -0.1) is 0 Å². The second-order valence-electron chi connectivity index (χ2n) is 4.97. The molecule has 0 saturated heterocycles. The van der Waals surface area contributed by atoms with E-state index in [0.29, 0.717) is 11.1 Å². The third-order valence-corrected chi connectivity index (χ3v) is 4.99. The van der Waals surface area contributed by atoms with Gasteiger partial charge < -0.3 is 9.46 Å². The topological polar surface area (TPSA) is 57.2 Å². The molecule has 0 aliphatic rings. The third kappa shape index (κ3) is 3.57. The summed E-state index contributed by atoms with van der Waals surface area (Å²) in [4.78, 5) is 24.8. The van der Waals surface area contributed by atoms with E-state index in [1.165, 1.54) is 12.1 Å². The van der Waals surface area contributed by atoms with Gasteiger partial charge in [0.05, 0.1) is 0 Å². The van der Waals surface area contributed by atoms with Crippen molar-refractivity contribution in [3.05, 3.63) is 64.7 Å². The molecular formula is C16H16LiO3P. The van der Waals surface area contributed by atoms with Crippen molar-refractivity contribution in [2.45, 2.75) is 20.8 Å². The summed E-state index contributed by atoms with van der Waals surface area (Å²) in [7, 11) is -4.32. The Hall–Kier alpha value is -1.10. The number of aryl methyl sites for hydroxylation is 3. The van der Waals surface area contributed by atoms with Crippen LogP contribution < -0.4 is 29.1 Å². The van der Waals surface area contributed by atoms with Crippen LogP contribution in [0.5, 0.6) is 0 Å². The first-order valence-corrected chi connectivity index (χ1v) is 7.96. The molecule has 0 radical (unpaired) electrons. The van der Waals surface area contributed by atoms with E-state index in [2.05, 4.69) is 0 Å². The molecule has 0 heterocycles. The van der Waals surface area contributed by atoms with Crippen LogP contribution in [0.15, 0.2) is 42.5 Å². The van der Waals surface area contributed by atoms with Crippen molar-refractivity contribution in [3.8, 4) is 0 Å². The number of benzene rings is 2. The fourth-order valence-corrected chi connectivity index (χ4v) is 3.85. The van der Waals surface area contributed by atoms with Gasteiger partial charge in [0.15, 0.2) is 0 Å². The number of hydrogen-bond acceptors (Lipinski definition) is 3. The van der Waals surface area contributed by atoms with E-state index in [-0.39, 0.29) is 29.7 Å². The molecule has 1 atom stereocenters. The van der Waals surface area contributed by atoms with E-state index in [1.807, 2.05) is 19.1 Å². The zero-order chi connectivity index (χ0) is 14.9. The Morgan fingerprint density at radius 1 is 1.00 bits per heavy atom. The van der Waals surface area contributed by atoms with Gasteiger partial charge in [0.1, 0.15) is 7.37 Å². The van der Waals surface area contributed by atoms with E-state index in [9.17, 15) is 14.3 Å². The predicted molar refractivity (Wildman–Crippen MR) is 78.7 cm³/mol. The molecule has 0 bridgehead atoms. The third-order valence-electron chi connectivity index (χ3n) is 3.25. The van der Waals surface area contributed by atoms with Crippen molar-refractivity contribution in [3.63, 3.8) is 0 Å². The van der Waals surface area contributed by atoms with Gasteiger partial charge in [0.2, 0.25) is 5.52 Å². The Morgan fingerprint density at radius 2 is 1.48 bits per heavy atom. The van der Waals surface area contributed by atoms with E-state index >= 15 is 0 Å². The minimum Gasteiger partial charge on any atom is -0.790 e. The quantitative estimate of drug-likeness (QED) is 0.578. The van der Waals surface area contributed by atoms with Crippen LogP contribution in [0.1, 0.15) is 27.0 Å². The molecule has 2 aromatic carbocycles. The molecule has 1 unspecified atom stereocenters. The van der Waals surface area contributed by atoms with Gasteiger partial charge in [-0.3, -0.25) is 4.79 Å². The zero-order valence-corrected chi connectivity index (χ0v) is 13.6. The fraction of sp³-hybridized carbons (Fsp3) is 0.188. The zero-order valence-electron chi connectivity index (χ0n) is 12.7. The Labute approximate surface area is 137 Å². The molecule has 0 aliphatic carbocycles. The molecule has 0 aliphatic heterocycles. The molecule has 104 valence electrons. The van der Waals surface area contributed by atoms with E-state index in [1.54, 1.807) is 32.0 Å². The summed E-state index contributed by atoms with van der Waals surface area (Å²) >= 11 is 0. The predicted octanol–water partition coefficient (Wildman–Crippen LogP) is -0.280. The standard InChI is InChI=1S/C16H17O3P.Li/c1-11-9-12(2)15(13(3)10-11)16(17)20(18,19)14-7-5-4-6-8-14;/h4-10H,1-3H3,(H,18,19);/q;+1/p-1. The van der Waals surface area contributed by atoms with Crippen LogP contribution in [-0.2, 0) is 4.57 Å². The summed E-state index contributed by atoms with van der Waals surface area (Å²) in [6, 6.07) is 11.5. The molecular weight excluding hydrogens is 278 g/mol. The largest absolute Gasteiger partial charge is 1.00 e. The van der Waals surface area contributed by atoms with Crippen LogP contribution in [-0.4, -0.2) is 5.52 Å². The summed E-state index contributed by atoms with van der Waals surface area (Å²) in [5.41, 5.74) is 1.88. The fourth-order valence-electron chi connectivity index (χ4n) is 2.41. The van der Waals surface area contributed by atoms with Crippen LogP contribution >= 0.6 is 7.37 Å². The van der Waals surface area contributed by atoms with Gasteiger partial charge in [-0.25, -0.2) is 0 Å². The first kappa shape index (κ1) is 17.9. The number of carbonyl (C=O) groups excluding carboxylic acids is 1. The molecule has 3 nitrogen and oxygen atoms in total. The van der Waals surface area contributed by atoms with Crippen molar-refractivity contribution in [1.29, 1.82) is 0 Å². The van der Waals surface area contributed by atoms with E-state index < -0.39 is 12.9 Å². The van der Waals surface area contributed by atoms with Crippen LogP contribution in [0.25, 0.3) is 0 Å². The average Bonchev–Trinajstić information content (AvgIpc) is 2.38. The molecule has 5 heteroatoms. The van der Waals surface area contributed by atoms with Crippen molar-refractivity contribution in [2.75, 3.05) is 0 Å². The summed E-state index contributed by atoms with van der Waals surface area (Å²) in [5, 5.41) is 0.0596. The maximum absolute atomic E-state index is 12.4. The van der Waals surface area contributed by atoms with Crippen molar-refractivity contribution < 1.29 is 33.1 Å². The second kappa shape index (κ2) is 6.77.